The normalized spacial score (nSPS) is 15.5. The van der Waals surface area contributed by atoms with E-state index in [-0.39, 0.29) is 5.91 Å². The van der Waals surface area contributed by atoms with Gasteiger partial charge in [0, 0.05) is 45.7 Å². The highest BCUT2D eigenvalue weighted by molar-refractivity contribution is 5.76. The fourth-order valence-corrected chi connectivity index (χ4v) is 2.63. The lowest BCUT2D eigenvalue weighted by Gasteiger charge is -2.32. The molecule has 1 aromatic rings. The number of ether oxygens (including phenoxy) is 2. The molecule has 6 heteroatoms. The van der Waals surface area contributed by atoms with Crippen LogP contribution in [0.15, 0.2) is 18.2 Å². The second-order valence-electron chi connectivity index (χ2n) is 5.80. The van der Waals surface area contributed by atoms with Crippen LogP contribution < -0.4 is 14.8 Å². The average Bonchev–Trinajstić information content (AvgIpc) is 2.58. The summed E-state index contributed by atoms with van der Waals surface area (Å²) >= 11 is 0. The van der Waals surface area contributed by atoms with E-state index in [1.807, 2.05) is 23.1 Å². The van der Waals surface area contributed by atoms with E-state index >= 15 is 0 Å². The molecule has 0 spiro atoms. The number of hydrogen-bond donors (Lipinski definition) is 1. The van der Waals surface area contributed by atoms with Gasteiger partial charge in [0.05, 0.1) is 14.2 Å². The average molecular weight is 321 g/mol. The van der Waals surface area contributed by atoms with E-state index in [1.54, 1.807) is 14.2 Å². The minimum absolute atomic E-state index is 0.234. The van der Waals surface area contributed by atoms with Crippen LogP contribution in [-0.2, 0) is 11.3 Å². The number of piperazine rings is 1. The molecule has 6 nitrogen and oxygen atoms in total. The zero-order chi connectivity index (χ0) is 16.7. The number of rotatable bonds is 7. The Hall–Kier alpha value is -1.79. The van der Waals surface area contributed by atoms with Crippen molar-refractivity contribution in [3.8, 4) is 11.5 Å². The van der Waals surface area contributed by atoms with Crippen molar-refractivity contribution >= 4 is 5.91 Å². The third-order valence-corrected chi connectivity index (χ3v) is 4.15. The van der Waals surface area contributed by atoms with Crippen molar-refractivity contribution in [1.29, 1.82) is 0 Å². The fraction of sp³-hybridized carbons (Fsp3) is 0.588. The van der Waals surface area contributed by atoms with Gasteiger partial charge in [-0.05, 0) is 24.7 Å². The highest BCUT2D eigenvalue weighted by Crippen LogP contribution is 2.27. The number of nitrogens with one attached hydrogen (secondary N) is 1. The molecule has 1 aliphatic rings. The van der Waals surface area contributed by atoms with Crippen LogP contribution in [0.5, 0.6) is 11.5 Å². The van der Waals surface area contributed by atoms with Crippen LogP contribution >= 0.6 is 0 Å². The maximum atomic E-state index is 12.1. The Bertz CT molecular complexity index is 514. The highest BCUT2D eigenvalue weighted by atomic mass is 16.5. The molecule has 0 atom stereocenters. The Morgan fingerprint density at radius 2 is 1.83 bits per heavy atom. The zero-order valence-corrected chi connectivity index (χ0v) is 14.3. The van der Waals surface area contributed by atoms with E-state index in [2.05, 4.69) is 17.3 Å². The molecule has 0 radical (unpaired) electrons. The molecule has 1 saturated heterocycles. The summed E-state index contributed by atoms with van der Waals surface area (Å²) < 4.78 is 10.5. The molecule has 1 heterocycles. The third-order valence-electron chi connectivity index (χ3n) is 4.15. The molecule has 0 saturated carbocycles. The van der Waals surface area contributed by atoms with Gasteiger partial charge >= 0.3 is 0 Å². The predicted molar refractivity (Wildman–Crippen MR) is 89.9 cm³/mol. The van der Waals surface area contributed by atoms with Crippen molar-refractivity contribution in [2.75, 3.05) is 54.0 Å². The largest absolute Gasteiger partial charge is 0.493 e. The predicted octanol–water partition coefficient (Wildman–Crippen LogP) is 0.958. The van der Waals surface area contributed by atoms with Crippen LogP contribution in [0.3, 0.4) is 0 Å². The van der Waals surface area contributed by atoms with Crippen LogP contribution in [0, 0.1) is 0 Å². The van der Waals surface area contributed by atoms with E-state index in [0.29, 0.717) is 19.5 Å². The smallest absolute Gasteiger partial charge is 0.223 e. The monoisotopic (exact) mass is 321 g/mol. The van der Waals surface area contributed by atoms with Crippen molar-refractivity contribution in [3.63, 3.8) is 0 Å². The second kappa shape index (κ2) is 8.74. The van der Waals surface area contributed by atoms with E-state index < -0.39 is 0 Å². The molecule has 1 N–H and O–H groups in total. The maximum Gasteiger partial charge on any atom is 0.223 e. The van der Waals surface area contributed by atoms with Crippen LogP contribution in [0.1, 0.15) is 12.0 Å². The van der Waals surface area contributed by atoms with Gasteiger partial charge in [-0.2, -0.15) is 0 Å². The van der Waals surface area contributed by atoms with E-state index in [9.17, 15) is 4.79 Å². The van der Waals surface area contributed by atoms with Crippen molar-refractivity contribution in [3.05, 3.63) is 23.8 Å². The molecule has 2 rings (SSSR count). The van der Waals surface area contributed by atoms with Gasteiger partial charge in [-0.25, -0.2) is 0 Å². The van der Waals surface area contributed by atoms with Crippen molar-refractivity contribution in [2.24, 2.45) is 0 Å². The molecule has 128 valence electrons. The van der Waals surface area contributed by atoms with E-state index in [1.165, 1.54) is 0 Å². The van der Waals surface area contributed by atoms with Crippen LogP contribution in [0.2, 0.25) is 0 Å². The maximum absolute atomic E-state index is 12.1. The molecule has 23 heavy (non-hydrogen) atoms. The number of carbonyl (C=O) groups is 1. The van der Waals surface area contributed by atoms with Gasteiger partial charge < -0.3 is 24.6 Å². The summed E-state index contributed by atoms with van der Waals surface area (Å²) in [5, 5.41) is 3.31. The molecule has 1 aliphatic heterocycles. The van der Waals surface area contributed by atoms with Crippen LogP contribution in [0.4, 0.5) is 0 Å². The first-order chi connectivity index (χ1) is 11.1. The molecule has 0 aromatic heterocycles. The lowest BCUT2D eigenvalue weighted by Crippen LogP contribution is -2.47. The highest BCUT2D eigenvalue weighted by Gasteiger charge is 2.18. The first kappa shape index (κ1) is 17.6. The van der Waals surface area contributed by atoms with Crippen LogP contribution in [0.25, 0.3) is 0 Å². The van der Waals surface area contributed by atoms with Gasteiger partial charge in [-0.3, -0.25) is 4.79 Å². The number of benzene rings is 1. The summed E-state index contributed by atoms with van der Waals surface area (Å²) in [5.41, 5.74) is 1.11. The summed E-state index contributed by atoms with van der Waals surface area (Å²) in [5.74, 6) is 1.68. The molecule has 1 amide bonds. The Morgan fingerprint density at radius 3 is 2.48 bits per heavy atom. The topological polar surface area (TPSA) is 54.0 Å². The first-order valence-corrected chi connectivity index (χ1v) is 8.02. The molecule has 1 fully saturated rings. The molecule has 0 unspecified atom stereocenters. The summed E-state index contributed by atoms with van der Waals surface area (Å²) in [6.45, 7) is 4.99. The van der Waals surface area contributed by atoms with E-state index in [0.717, 1.165) is 43.2 Å². The molecule has 0 aliphatic carbocycles. The molecule has 0 bridgehead atoms. The summed E-state index contributed by atoms with van der Waals surface area (Å²) in [7, 11) is 5.34. The molecular weight excluding hydrogens is 294 g/mol. The number of carbonyl (C=O) groups excluding carboxylic acids is 1. The molecule has 1 aromatic carbocycles. The summed E-state index contributed by atoms with van der Waals surface area (Å²) in [6, 6.07) is 5.84. The number of amides is 1. The SMILES string of the molecule is COc1ccc(CNCCC(=O)N2CCN(C)CC2)cc1OC. The van der Waals surface area contributed by atoms with Gasteiger partial charge in [-0.1, -0.05) is 6.07 Å². The summed E-state index contributed by atoms with van der Waals surface area (Å²) in [6.07, 6.45) is 0.539. The van der Waals surface area contributed by atoms with Crippen molar-refractivity contribution in [2.45, 2.75) is 13.0 Å². The van der Waals surface area contributed by atoms with E-state index in [4.69, 9.17) is 9.47 Å². The third kappa shape index (κ3) is 5.11. The van der Waals surface area contributed by atoms with Gasteiger partial charge in [0.1, 0.15) is 0 Å². The Kier molecular flexibility index (Phi) is 6.67. The van der Waals surface area contributed by atoms with Crippen molar-refractivity contribution < 1.29 is 14.3 Å². The number of likely N-dealkylation sites (N-methyl/N-ethyl adjacent to an activating group) is 1. The quantitative estimate of drug-likeness (QED) is 0.758. The minimum atomic E-state index is 0.234. The Labute approximate surface area is 138 Å². The summed E-state index contributed by atoms with van der Waals surface area (Å²) in [4.78, 5) is 16.3. The Balaban J connectivity index is 1.72. The number of nitrogens with zero attached hydrogens (tertiary/aromatic N) is 2. The van der Waals surface area contributed by atoms with Gasteiger partial charge in [0.25, 0.3) is 0 Å². The lowest BCUT2D eigenvalue weighted by molar-refractivity contribution is -0.132. The number of hydrogen-bond acceptors (Lipinski definition) is 5. The van der Waals surface area contributed by atoms with Crippen LogP contribution in [-0.4, -0.2) is 69.7 Å². The first-order valence-electron chi connectivity index (χ1n) is 8.02. The molecular formula is C17H27N3O3. The number of methoxy groups -OCH3 is 2. The zero-order valence-electron chi connectivity index (χ0n) is 14.3. The minimum Gasteiger partial charge on any atom is -0.493 e. The van der Waals surface area contributed by atoms with Gasteiger partial charge in [0.15, 0.2) is 11.5 Å². The van der Waals surface area contributed by atoms with Crippen molar-refractivity contribution in [1.82, 2.24) is 15.1 Å². The lowest BCUT2D eigenvalue weighted by atomic mass is 10.2. The fourth-order valence-electron chi connectivity index (χ4n) is 2.63. The Morgan fingerprint density at radius 1 is 1.13 bits per heavy atom. The van der Waals surface area contributed by atoms with Gasteiger partial charge in [-0.15, -0.1) is 0 Å². The van der Waals surface area contributed by atoms with Gasteiger partial charge in [0.2, 0.25) is 5.91 Å². The second-order valence-corrected chi connectivity index (χ2v) is 5.80. The standard InChI is InChI=1S/C17H27N3O3/c1-19-8-10-20(11-9-19)17(21)6-7-18-13-14-4-5-15(22-2)16(12-14)23-3/h4-5,12,18H,6-11,13H2,1-3H3.